The van der Waals surface area contributed by atoms with E-state index in [0.29, 0.717) is 41.9 Å². The van der Waals surface area contributed by atoms with Crippen LogP contribution in [-0.2, 0) is 12.6 Å². The number of ether oxygens (including phenoxy) is 1. The lowest BCUT2D eigenvalue weighted by atomic mass is 9.98. The second-order valence-corrected chi connectivity index (χ2v) is 8.77. The summed E-state index contributed by atoms with van der Waals surface area (Å²) in [5, 5.41) is 3.26. The van der Waals surface area contributed by atoms with Crippen LogP contribution < -0.4 is 10.1 Å². The molecule has 9 heteroatoms. The Labute approximate surface area is 189 Å². The molecule has 3 aliphatic rings. The van der Waals surface area contributed by atoms with Gasteiger partial charge in [0.05, 0.1) is 23.9 Å². The molecule has 0 radical (unpaired) electrons. The maximum Gasteiger partial charge on any atom is 0.417 e. The van der Waals surface area contributed by atoms with Gasteiger partial charge in [-0.05, 0) is 62.3 Å². The fraction of sp³-hybridized carbons (Fsp3) is 0.458. The van der Waals surface area contributed by atoms with Gasteiger partial charge in [0.1, 0.15) is 17.1 Å². The minimum absolute atomic E-state index is 0.0653. The molecule has 1 amide bonds. The molecule has 1 saturated carbocycles. The normalized spacial score (nSPS) is 23.5. The number of pyridine rings is 1. The average Bonchev–Trinajstić information content (AvgIpc) is 3.39. The number of piperidine rings is 1. The van der Waals surface area contributed by atoms with Crippen LogP contribution in [0.5, 0.6) is 5.75 Å². The second kappa shape index (κ2) is 8.35. The van der Waals surface area contributed by atoms with Crippen molar-refractivity contribution in [3.8, 4) is 5.75 Å². The van der Waals surface area contributed by atoms with Crippen LogP contribution in [0.1, 0.15) is 47.7 Å². The zero-order valence-corrected chi connectivity index (χ0v) is 18.2. The van der Waals surface area contributed by atoms with Gasteiger partial charge in [-0.15, -0.1) is 0 Å². The third-order valence-electron chi connectivity index (χ3n) is 6.67. The molecule has 2 aliphatic heterocycles. The monoisotopic (exact) mass is 458 g/mol. The summed E-state index contributed by atoms with van der Waals surface area (Å²) in [6.45, 7) is 2.98. The summed E-state index contributed by atoms with van der Waals surface area (Å²) in [7, 11) is 0. The molecule has 1 N–H and O–H groups in total. The van der Waals surface area contributed by atoms with Crippen molar-refractivity contribution < 1.29 is 22.7 Å². The molecule has 1 aliphatic carbocycles. The smallest absolute Gasteiger partial charge is 0.417 e. The van der Waals surface area contributed by atoms with Crippen LogP contribution >= 0.6 is 0 Å². The number of anilines is 1. The average molecular weight is 458 g/mol. The van der Waals surface area contributed by atoms with Gasteiger partial charge >= 0.3 is 6.18 Å². The van der Waals surface area contributed by atoms with Gasteiger partial charge in [-0.25, -0.2) is 4.98 Å². The third kappa shape index (κ3) is 4.05. The van der Waals surface area contributed by atoms with Crippen LogP contribution in [0.25, 0.3) is 0 Å². The Bertz CT molecular complexity index is 1080. The third-order valence-corrected chi connectivity index (χ3v) is 6.67. The number of nitrogens with zero attached hydrogens (tertiary/aromatic N) is 3. The van der Waals surface area contributed by atoms with Crippen LogP contribution in [-0.4, -0.2) is 47.2 Å². The number of likely N-dealkylation sites (tertiary alicyclic amines) is 1. The van der Waals surface area contributed by atoms with E-state index >= 15 is 0 Å². The molecule has 0 spiro atoms. The molecular formula is C24H25F3N4O2. The molecule has 2 aromatic rings. The van der Waals surface area contributed by atoms with Gasteiger partial charge in [-0.3, -0.25) is 9.79 Å². The minimum Gasteiger partial charge on any atom is -0.493 e. The molecule has 33 heavy (non-hydrogen) atoms. The number of carbonyl (C=O) groups is 1. The van der Waals surface area contributed by atoms with Crippen LogP contribution in [0, 0.1) is 5.92 Å². The number of aliphatic imine (C=N–C) groups is 1. The SMILES string of the molecule is CCOc1ccc2c(c1C(=O)N1CC3CC(Nc4ccc(C(F)(F)F)cn4)C1C3)N=CCC2. The molecule has 3 unspecified atom stereocenters. The van der Waals surface area contributed by atoms with E-state index in [0.717, 1.165) is 43.5 Å². The zero-order chi connectivity index (χ0) is 23.2. The summed E-state index contributed by atoms with van der Waals surface area (Å²) >= 11 is 0. The minimum atomic E-state index is -4.42. The molecule has 174 valence electrons. The molecule has 5 rings (SSSR count). The highest BCUT2D eigenvalue weighted by Crippen LogP contribution is 2.43. The second-order valence-electron chi connectivity index (χ2n) is 8.77. The van der Waals surface area contributed by atoms with E-state index in [2.05, 4.69) is 15.3 Å². The predicted molar refractivity (Wildman–Crippen MR) is 118 cm³/mol. The Morgan fingerprint density at radius 1 is 1.24 bits per heavy atom. The van der Waals surface area contributed by atoms with Gasteiger partial charge in [0.25, 0.3) is 5.91 Å². The molecular weight excluding hydrogens is 433 g/mol. The van der Waals surface area contributed by atoms with Crippen molar-refractivity contribution >= 4 is 23.6 Å². The van der Waals surface area contributed by atoms with Crippen molar-refractivity contribution in [3.05, 3.63) is 47.2 Å². The topological polar surface area (TPSA) is 66.8 Å². The first-order valence-corrected chi connectivity index (χ1v) is 11.3. The first kappa shape index (κ1) is 21.7. The summed E-state index contributed by atoms with van der Waals surface area (Å²) in [5.41, 5.74) is 1.45. The Balaban J connectivity index is 1.38. The van der Waals surface area contributed by atoms with Gasteiger partial charge in [0, 0.05) is 25.0 Å². The largest absolute Gasteiger partial charge is 0.493 e. The lowest BCUT2D eigenvalue weighted by molar-refractivity contribution is -0.137. The number of fused-ring (bicyclic) bond motifs is 3. The first-order chi connectivity index (χ1) is 15.8. The standard InChI is InChI=1S/C24H25F3N4O2/c1-2-33-19-7-5-15-4-3-9-28-22(15)21(19)23(32)31-13-14-10-17(18(31)11-14)30-20-8-6-16(12-29-20)24(25,26)27/h5-9,12,14,17-18H,2-4,10-11,13H2,1H3,(H,29,30). The van der Waals surface area contributed by atoms with E-state index in [9.17, 15) is 18.0 Å². The predicted octanol–water partition coefficient (Wildman–Crippen LogP) is 4.86. The first-order valence-electron chi connectivity index (χ1n) is 11.3. The lowest BCUT2D eigenvalue weighted by Gasteiger charge is -2.35. The van der Waals surface area contributed by atoms with Crippen molar-refractivity contribution in [2.24, 2.45) is 10.9 Å². The Kier molecular flexibility index (Phi) is 5.50. The molecule has 2 bridgehead atoms. The van der Waals surface area contributed by atoms with Gasteiger partial charge in [0.2, 0.25) is 0 Å². The summed E-state index contributed by atoms with van der Waals surface area (Å²) in [6, 6.07) is 6.06. The highest BCUT2D eigenvalue weighted by Gasteiger charge is 2.48. The van der Waals surface area contributed by atoms with Crippen molar-refractivity contribution in [1.29, 1.82) is 0 Å². The number of aromatic nitrogens is 1. The molecule has 2 fully saturated rings. The quantitative estimate of drug-likeness (QED) is 0.695. The van der Waals surface area contributed by atoms with Gasteiger partial charge < -0.3 is 15.0 Å². The van der Waals surface area contributed by atoms with Crippen LogP contribution in [0.15, 0.2) is 35.5 Å². The Morgan fingerprint density at radius 2 is 2.09 bits per heavy atom. The van der Waals surface area contributed by atoms with Gasteiger partial charge in [0.15, 0.2) is 0 Å². The number of hydrogen-bond acceptors (Lipinski definition) is 5. The van der Waals surface area contributed by atoms with Crippen molar-refractivity contribution in [3.63, 3.8) is 0 Å². The Hall–Kier alpha value is -3.10. The van der Waals surface area contributed by atoms with Gasteiger partial charge in [-0.2, -0.15) is 13.2 Å². The van der Waals surface area contributed by atoms with E-state index in [1.165, 1.54) is 6.07 Å². The highest BCUT2D eigenvalue weighted by molar-refractivity contribution is 6.03. The van der Waals surface area contributed by atoms with Crippen LogP contribution in [0.3, 0.4) is 0 Å². The number of halogens is 3. The lowest BCUT2D eigenvalue weighted by Crippen LogP contribution is -2.48. The molecule has 6 nitrogen and oxygen atoms in total. The fourth-order valence-corrected chi connectivity index (χ4v) is 5.22. The molecule has 1 aromatic carbocycles. The van der Waals surface area contributed by atoms with Gasteiger partial charge in [-0.1, -0.05) is 6.07 Å². The number of benzene rings is 1. The van der Waals surface area contributed by atoms with E-state index in [1.807, 2.05) is 30.2 Å². The number of nitrogens with one attached hydrogen (secondary N) is 1. The maximum absolute atomic E-state index is 13.8. The zero-order valence-electron chi connectivity index (χ0n) is 18.2. The van der Waals surface area contributed by atoms with E-state index in [1.54, 1.807) is 0 Å². The number of hydrogen-bond donors (Lipinski definition) is 1. The Morgan fingerprint density at radius 3 is 2.79 bits per heavy atom. The van der Waals surface area contributed by atoms with Crippen LogP contribution in [0.2, 0.25) is 0 Å². The number of rotatable bonds is 5. The fourth-order valence-electron chi connectivity index (χ4n) is 5.22. The summed E-state index contributed by atoms with van der Waals surface area (Å²) in [4.78, 5) is 24.1. The molecule has 1 saturated heterocycles. The molecule has 3 atom stereocenters. The number of alkyl halides is 3. The van der Waals surface area contributed by atoms with E-state index in [4.69, 9.17) is 4.74 Å². The number of carbonyl (C=O) groups excluding carboxylic acids is 1. The highest BCUT2D eigenvalue weighted by atomic mass is 19.4. The molecule has 1 aromatic heterocycles. The summed E-state index contributed by atoms with van der Waals surface area (Å²) < 4.78 is 44.3. The molecule has 3 heterocycles. The van der Waals surface area contributed by atoms with Crippen LogP contribution in [0.4, 0.5) is 24.7 Å². The van der Waals surface area contributed by atoms with Crippen molar-refractivity contribution in [2.75, 3.05) is 18.5 Å². The number of aryl methyl sites for hydroxylation is 1. The van der Waals surface area contributed by atoms with E-state index < -0.39 is 11.7 Å². The maximum atomic E-state index is 13.8. The number of amides is 1. The van der Waals surface area contributed by atoms with Crippen molar-refractivity contribution in [1.82, 2.24) is 9.88 Å². The van der Waals surface area contributed by atoms with E-state index in [-0.39, 0.29) is 18.0 Å². The van der Waals surface area contributed by atoms with Crippen molar-refractivity contribution in [2.45, 2.75) is 50.9 Å². The summed E-state index contributed by atoms with van der Waals surface area (Å²) in [6.07, 6.45) is 1.63. The summed E-state index contributed by atoms with van der Waals surface area (Å²) in [5.74, 6) is 1.15.